The number of aliphatic carboxylic acids is 1. The highest BCUT2D eigenvalue weighted by Crippen LogP contribution is 2.28. The molecule has 0 bridgehead atoms. The fraction of sp³-hybridized carbons (Fsp3) is 0.583. The molecule has 2 heterocycles. The van der Waals surface area contributed by atoms with Crippen LogP contribution in [0, 0.1) is 0 Å². The Morgan fingerprint density at radius 1 is 1.31 bits per heavy atom. The van der Waals surface area contributed by atoms with Crippen LogP contribution in [-0.4, -0.2) is 36.5 Å². The highest BCUT2D eigenvalue weighted by molar-refractivity contribution is 5.87. The van der Waals surface area contributed by atoms with Crippen LogP contribution in [0.25, 0.3) is 0 Å². The fourth-order valence-corrected chi connectivity index (χ4v) is 1.76. The summed E-state index contributed by atoms with van der Waals surface area (Å²) in [4.78, 5) is 11.2. The lowest BCUT2D eigenvalue weighted by Gasteiger charge is -2.08. The van der Waals surface area contributed by atoms with Crippen molar-refractivity contribution in [3.63, 3.8) is 0 Å². The van der Waals surface area contributed by atoms with Crippen molar-refractivity contribution >= 4 is 5.97 Å². The van der Waals surface area contributed by atoms with Gasteiger partial charge in [-0.15, -0.1) is 6.58 Å². The standard InChI is InChI=1S/C12H16O4/c1-2-3-8(4-9-6-15-9)11(12(13)14)5-10-7-16-10/h2,9-10H,1,3-7H2,(H,13,14)/b11-8-. The van der Waals surface area contributed by atoms with E-state index in [4.69, 9.17) is 9.47 Å². The molecule has 0 aliphatic carbocycles. The number of carboxylic acid groups (broad SMARTS) is 1. The van der Waals surface area contributed by atoms with Crippen LogP contribution in [0.2, 0.25) is 0 Å². The largest absolute Gasteiger partial charge is 0.478 e. The predicted molar refractivity (Wildman–Crippen MR) is 58.2 cm³/mol. The van der Waals surface area contributed by atoms with Crippen molar-refractivity contribution in [1.82, 2.24) is 0 Å². The van der Waals surface area contributed by atoms with Gasteiger partial charge in [-0.2, -0.15) is 0 Å². The molecule has 2 atom stereocenters. The Morgan fingerprint density at radius 3 is 2.31 bits per heavy atom. The first-order chi connectivity index (χ1) is 7.70. The van der Waals surface area contributed by atoms with E-state index in [0.29, 0.717) is 31.4 Å². The molecule has 0 aromatic rings. The average molecular weight is 224 g/mol. The van der Waals surface area contributed by atoms with Crippen molar-refractivity contribution in [2.75, 3.05) is 13.2 Å². The molecule has 4 heteroatoms. The van der Waals surface area contributed by atoms with E-state index >= 15 is 0 Å². The third-order valence-electron chi connectivity index (χ3n) is 2.79. The molecule has 1 N–H and O–H groups in total. The van der Waals surface area contributed by atoms with Gasteiger partial charge in [0, 0.05) is 12.0 Å². The minimum absolute atomic E-state index is 0.103. The monoisotopic (exact) mass is 224 g/mol. The number of allylic oxidation sites excluding steroid dienone is 1. The Morgan fingerprint density at radius 2 is 1.88 bits per heavy atom. The molecular formula is C12H16O4. The number of ether oxygens (including phenoxy) is 2. The number of hydrogen-bond donors (Lipinski definition) is 1. The van der Waals surface area contributed by atoms with Crippen LogP contribution in [-0.2, 0) is 14.3 Å². The van der Waals surface area contributed by atoms with E-state index in [2.05, 4.69) is 6.58 Å². The smallest absolute Gasteiger partial charge is 0.331 e. The molecule has 4 nitrogen and oxygen atoms in total. The number of carbonyl (C=O) groups is 1. The van der Waals surface area contributed by atoms with Gasteiger partial charge >= 0.3 is 5.97 Å². The van der Waals surface area contributed by atoms with Crippen LogP contribution >= 0.6 is 0 Å². The van der Waals surface area contributed by atoms with Crippen LogP contribution in [0.3, 0.4) is 0 Å². The van der Waals surface area contributed by atoms with Gasteiger partial charge in [0.15, 0.2) is 0 Å². The third-order valence-corrected chi connectivity index (χ3v) is 2.79. The number of carboxylic acids is 1. The van der Waals surface area contributed by atoms with Crippen LogP contribution < -0.4 is 0 Å². The summed E-state index contributed by atoms with van der Waals surface area (Å²) in [5, 5.41) is 9.19. The van der Waals surface area contributed by atoms with E-state index in [1.807, 2.05) is 0 Å². The molecule has 0 amide bonds. The topological polar surface area (TPSA) is 62.4 Å². The third kappa shape index (κ3) is 3.18. The average Bonchev–Trinajstić information content (AvgIpc) is 3.09. The number of rotatable bonds is 7. The van der Waals surface area contributed by atoms with E-state index in [1.54, 1.807) is 6.08 Å². The van der Waals surface area contributed by atoms with E-state index in [-0.39, 0.29) is 12.2 Å². The van der Waals surface area contributed by atoms with Gasteiger partial charge in [-0.05, 0) is 12.8 Å². The molecule has 0 aromatic carbocycles. The molecular weight excluding hydrogens is 208 g/mol. The van der Waals surface area contributed by atoms with Crippen LogP contribution in [0.5, 0.6) is 0 Å². The Balaban J connectivity index is 2.10. The highest BCUT2D eigenvalue weighted by atomic mass is 16.6. The summed E-state index contributed by atoms with van der Waals surface area (Å²) in [5.41, 5.74) is 1.42. The lowest BCUT2D eigenvalue weighted by molar-refractivity contribution is -0.132. The van der Waals surface area contributed by atoms with Crippen molar-refractivity contribution in [2.45, 2.75) is 31.5 Å². The highest BCUT2D eigenvalue weighted by Gasteiger charge is 2.30. The molecule has 0 radical (unpaired) electrons. The molecule has 2 aliphatic rings. The number of hydrogen-bond acceptors (Lipinski definition) is 3. The second kappa shape index (κ2) is 4.80. The first kappa shape index (κ1) is 11.4. The molecule has 2 saturated heterocycles. The maximum absolute atomic E-state index is 11.2. The molecule has 16 heavy (non-hydrogen) atoms. The molecule has 2 unspecified atom stereocenters. The first-order valence-corrected chi connectivity index (χ1v) is 5.49. The van der Waals surface area contributed by atoms with Gasteiger partial charge in [-0.25, -0.2) is 4.79 Å². The molecule has 2 aliphatic heterocycles. The molecule has 2 rings (SSSR count). The fourth-order valence-electron chi connectivity index (χ4n) is 1.76. The normalized spacial score (nSPS) is 28.2. The summed E-state index contributed by atoms with van der Waals surface area (Å²) in [5.74, 6) is -0.840. The Kier molecular flexibility index (Phi) is 3.41. The molecule has 0 saturated carbocycles. The van der Waals surface area contributed by atoms with Crippen LogP contribution in [0.15, 0.2) is 23.8 Å². The summed E-state index contributed by atoms with van der Waals surface area (Å²) in [7, 11) is 0. The Labute approximate surface area is 94.5 Å². The second-order valence-corrected chi connectivity index (χ2v) is 4.20. The van der Waals surface area contributed by atoms with E-state index in [1.165, 1.54) is 0 Å². The summed E-state index contributed by atoms with van der Waals surface area (Å²) >= 11 is 0. The zero-order valence-corrected chi connectivity index (χ0v) is 9.15. The van der Waals surface area contributed by atoms with Crippen molar-refractivity contribution in [1.29, 1.82) is 0 Å². The summed E-state index contributed by atoms with van der Waals surface area (Å²) in [6.45, 7) is 5.09. The van der Waals surface area contributed by atoms with Gasteiger partial charge in [0.05, 0.1) is 25.4 Å². The van der Waals surface area contributed by atoms with Crippen LogP contribution in [0.1, 0.15) is 19.3 Å². The molecule has 2 fully saturated rings. The van der Waals surface area contributed by atoms with Gasteiger partial charge in [-0.1, -0.05) is 11.6 Å². The van der Waals surface area contributed by atoms with Crippen molar-refractivity contribution < 1.29 is 19.4 Å². The zero-order chi connectivity index (χ0) is 11.5. The lowest BCUT2D eigenvalue weighted by atomic mass is 9.97. The van der Waals surface area contributed by atoms with Crippen molar-refractivity contribution in [3.05, 3.63) is 23.8 Å². The quantitative estimate of drug-likeness (QED) is 0.404. The zero-order valence-electron chi connectivity index (χ0n) is 9.15. The Hall–Kier alpha value is -1.13. The molecule has 88 valence electrons. The van der Waals surface area contributed by atoms with Gasteiger partial charge in [-0.3, -0.25) is 0 Å². The summed E-state index contributed by atoms with van der Waals surface area (Å²) in [6.07, 6.45) is 3.89. The SMILES string of the molecule is C=CC/C(CC1CO1)=C(\CC1CO1)C(=O)O. The molecule has 0 spiro atoms. The summed E-state index contributed by atoms with van der Waals surface area (Å²) in [6, 6.07) is 0. The minimum atomic E-state index is -0.840. The maximum Gasteiger partial charge on any atom is 0.331 e. The maximum atomic E-state index is 11.2. The second-order valence-electron chi connectivity index (χ2n) is 4.20. The van der Waals surface area contributed by atoms with Crippen LogP contribution in [0.4, 0.5) is 0 Å². The van der Waals surface area contributed by atoms with Crippen molar-refractivity contribution in [2.24, 2.45) is 0 Å². The van der Waals surface area contributed by atoms with Gasteiger partial charge in [0.1, 0.15) is 0 Å². The molecule has 0 aromatic heterocycles. The Bertz CT molecular complexity index is 324. The minimum Gasteiger partial charge on any atom is -0.478 e. The predicted octanol–water partition coefficient (Wildman–Crippen LogP) is 1.52. The lowest BCUT2D eigenvalue weighted by Crippen LogP contribution is -2.09. The van der Waals surface area contributed by atoms with E-state index in [0.717, 1.165) is 12.2 Å². The summed E-state index contributed by atoms with van der Waals surface area (Å²) < 4.78 is 10.2. The van der Waals surface area contributed by atoms with Gasteiger partial charge < -0.3 is 14.6 Å². The first-order valence-electron chi connectivity index (χ1n) is 5.49. The van der Waals surface area contributed by atoms with Crippen molar-refractivity contribution in [3.8, 4) is 0 Å². The van der Waals surface area contributed by atoms with Gasteiger partial charge in [0.25, 0.3) is 0 Å². The van der Waals surface area contributed by atoms with E-state index < -0.39 is 5.97 Å². The number of epoxide rings is 2. The van der Waals surface area contributed by atoms with Gasteiger partial charge in [0.2, 0.25) is 0 Å². The van der Waals surface area contributed by atoms with E-state index in [9.17, 15) is 9.90 Å².